The van der Waals surface area contributed by atoms with Gasteiger partial charge in [0.05, 0.1) is 5.92 Å². The first kappa shape index (κ1) is 16.3. The van der Waals surface area contributed by atoms with Gasteiger partial charge in [-0.15, -0.1) is 0 Å². The van der Waals surface area contributed by atoms with Crippen LogP contribution >= 0.6 is 0 Å². The lowest BCUT2D eigenvalue weighted by Crippen LogP contribution is -2.14. The lowest BCUT2D eigenvalue weighted by Gasteiger charge is -2.16. The SMILES string of the molecule is CC(C)c1ccc(C(Cc2cccc3ccccc23)C(=O)O)cc1. The predicted molar refractivity (Wildman–Crippen MR) is 98.6 cm³/mol. The Hall–Kier alpha value is -2.61. The van der Waals surface area contributed by atoms with Crippen molar-refractivity contribution in [2.24, 2.45) is 0 Å². The maximum Gasteiger partial charge on any atom is 0.311 e. The summed E-state index contributed by atoms with van der Waals surface area (Å²) in [6.45, 7) is 4.28. The van der Waals surface area contributed by atoms with Crippen LogP contribution in [0.1, 0.15) is 42.4 Å². The average Bonchev–Trinajstić information content (AvgIpc) is 2.59. The third-order valence-corrected chi connectivity index (χ3v) is 4.61. The Morgan fingerprint density at radius 3 is 2.17 bits per heavy atom. The minimum atomic E-state index is -0.778. The van der Waals surface area contributed by atoms with Crippen LogP contribution in [0.3, 0.4) is 0 Å². The molecule has 0 aromatic heterocycles. The van der Waals surface area contributed by atoms with Crippen LogP contribution in [0.4, 0.5) is 0 Å². The fraction of sp³-hybridized carbons (Fsp3) is 0.227. The number of carboxylic acids is 1. The second kappa shape index (κ2) is 6.88. The van der Waals surface area contributed by atoms with Gasteiger partial charge in [-0.2, -0.15) is 0 Å². The summed E-state index contributed by atoms with van der Waals surface area (Å²) in [5.74, 6) is -0.863. The summed E-state index contributed by atoms with van der Waals surface area (Å²) in [5.41, 5.74) is 3.17. The van der Waals surface area contributed by atoms with Crippen LogP contribution < -0.4 is 0 Å². The highest BCUT2D eigenvalue weighted by atomic mass is 16.4. The molecule has 0 saturated carbocycles. The van der Waals surface area contributed by atoms with Gasteiger partial charge in [0.15, 0.2) is 0 Å². The molecule has 122 valence electrons. The van der Waals surface area contributed by atoms with Crippen molar-refractivity contribution >= 4 is 16.7 Å². The van der Waals surface area contributed by atoms with E-state index in [1.165, 1.54) is 5.56 Å². The van der Waals surface area contributed by atoms with Gasteiger partial charge in [0.25, 0.3) is 0 Å². The molecule has 0 fully saturated rings. The molecule has 0 heterocycles. The Morgan fingerprint density at radius 2 is 1.50 bits per heavy atom. The third-order valence-electron chi connectivity index (χ3n) is 4.61. The zero-order valence-corrected chi connectivity index (χ0v) is 14.1. The summed E-state index contributed by atoms with van der Waals surface area (Å²) >= 11 is 0. The molecule has 2 nitrogen and oxygen atoms in total. The van der Waals surface area contributed by atoms with E-state index in [1.807, 2.05) is 48.5 Å². The van der Waals surface area contributed by atoms with E-state index in [4.69, 9.17) is 0 Å². The number of hydrogen-bond donors (Lipinski definition) is 1. The van der Waals surface area contributed by atoms with Crippen molar-refractivity contribution in [3.63, 3.8) is 0 Å². The van der Waals surface area contributed by atoms with Crippen LogP contribution in [0.2, 0.25) is 0 Å². The van der Waals surface area contributed by atoms with Crippen LogP contribution in [0.25, 0.3) is 10.8 Å². The summed E-state index contributed by atoms with van der Waals surface area (Å²) in [6, 6.07) is 22.2. The Balaban J connectivity index is 1.95. The molecule has 3 aromatic rings. The molecule has 0 bridgehead atoms. The Bertz CT molecular complexity index is 842. The van der Waals surface area contributed by atoms with Gasteiger partial charge in [-0.05, 0) is 39.8 Å². The highest BCUT2D eigenvalue weighted by molar-refractivity contribution is 5.86. The molecule has 0 amide bonds. The van der Waals surface area contributed by atoms with Crippen molar-refractivity contribution in [3.05, 3.63) is 83.4 Å². The van der Waals surface area contributed by atoms with Crippen LogP contribution in [0, 0.1) is 0 Å². The zero-order chi connectivity index (χ0) is 17.1. The number of carbonyl (C=O) groups is 1. The van der Waals surface area contributed by atoms with E-state index in [2.05, 4.69) is 32.0 Å². The minimum absolute atomic E-state index is 0.445. The van der Waals surface area contributed by atoms with Crippen LogP contribution in [0.5, 0.6) is 0 Å². The second-order valence-electron chi connectivity index (χ2n) is 6.55. The van der Waals surface area contributed by atoms with E-state index in [-0.39, 0.29) is 0 Å². The minimum Gasteiger partial charge on any atom is -0.481 e. The highest BCUT2D eigenvalue weighted by Gasteiger charge is 2.21. The largest absolute Gasteiger partial charge is 0.481 e. The van der Waals surface area contributed by atoms with Gasteiger partial charge >= 0.3 is 5.97 Å². The number of aliphatic carboxylic acids is 1. The first-order valence-corrected chi connectivity index (χ1v) is 8.35. The van der Waals surface area contributed by atoms with Crippen LogP contribution in [-0.2, 0) is 11.2 Å². The highest BCUT2D eigenvalue weighted by Crippen LogP contribution is 2.27. The van der Waals surface area contributed by atoms with Gasteiger partial charge in [-0.3, -0.25) is 4.79 Å². The van der Waals surface area contributed by atoms with E-state index in [0.717, 1.165) is 21.9 Å². The van der Waals surface area contributed by atoms with Crippen molar-refractivity contribution in [3.8, 4) is 0 Å². The zero-order valence-electron chi connectivity index (χ0n) is 14.1. The number of hydrogen-bond acceptors (Lipinski definition) is 1. The van der Waals surface area contributed by atoms with Gasteiger partial charge in [-0.1, -0.05) is 80.6 Å². The lowest BCUT2D eigenvalue weighted by molar-refractivity contribution is -0.138. The van der Waals surface area contributed by atoms with E-state index >= 15 is 0 Å². The predicted octanol–water partition coefficient (Wildman–Crippen LogP) is 5.37. The number of fused-ring (bicyclic) bond motifs is 1. The van der Waals surface area contributed by atoms with Crippen molar-refractivity contribution in [1.82, 2.24) is 0 Å². The molecule has 0 aliphatic heterocycles. The molecular formula is C22H22O2. The van der Waals surface area contributed by atoms with E-state index in [1.54, 1.807) is 0 Å². The lowest BCUT2D eigenvalue weighted by atomic mass is 9.88. The quantitative estimate of drug-likeness (QED) is 0.686. The Kier molecular flexibility index (Phi) is 4.66. The third kappa shape index (κ3) is 3.33. The maximum atomic E-state index is 11.9. The molecule has 24 heavy (non-hydrogen) atoms. The van der Waals surface area contributed by atoms with Gasteiger partial charge in [-0.25, -0.2) is 0 Å². The van der Waals surface area contributed by atoms with Gasteiger partial charge in [0.1, 0.15) is 0 Å². The summed E-state index contributed by atoms with van der Waals surface area (Å²) < 4.78 is 0. The number of carboxylic acid groups (broad SMARTS) is 1. The number of rotatable bonds is 5. The molecule has 3 rings (SSSR count). The number of benzene rings is 3. The van der Waals surface area contributed by atoms with Crippen LogP contribution in [0.15, 0.2) is 66.7 Å². The average molecular weight is 318 g/mol. The summed E-state index contributed by atoms with van der Waals surface area (Å²) in [6.07, 6.45) is 0.498. The molecule has 2 heteroatoms. The Morgan fingerprint density at radius 1 is 0.875 bits per heavy atom. The summed E-state index contributed by atoms with van der Waals surface area (Å²) in [7, 11) is 0. The molecule has 0 aliphatic carbocycles. The topological polar surface area (TPSA) is 37.3 Å². The van der Waals surface area contributed by atoms with Crippen molar-refractivity contribution < 1.29 is 9.90 Å². The molecule has 1 atom stereocenters. The monoisotopic (exact) mass is 318 g/mol. The van der Waals surface area contributed by atoms with E-state index < -0.39 is 11.9 Å². The Labute approximate surface area is 142 Å². The van der Waals surface area contributed by atoms with Crippen molar-refractivity contribution in [1.29, 1.82) is 0 Å². The fourth-order valence-electron chi connectivity index (χ4n) is 3.15. The molecule has 1 unspecified atom stereocenters. The maximum absolute atomic E-state index is 11.9. The summed E-state index contributed by atoms with van der Waals surface area (Å²) in [5, 5.41) is 12.0. The van der Waals surface area contributed by atoms with E-state index in [9.17, 15) is 9.90 Å². The van der Waals surface area contributed by atoms with Crippen LogP contribution in [-0.4, -0.2) is 11.1 Å². The molecule has 0 saturated heterocycles. The van der Waals surface area contributed by atoms with Gasteiger partial charge in [0.2, 0.25) is 0 Å². The normalized spacial score (nSPS) is 12.5. The standard InChI is InChI=1S/C22H22O2/c1-15(2)16-10-12-18(13-11-16)21(22(23)24)14-19-8-5-7-17-6-3-4-9-20(17)19/h3-13,15,21H,14H2,1-2H3,(H,23,24). The van der Waals surface area contributed by atoms with Gasteiger partial charge < -0.3 is 5.11 Å². The first-order chi connectivity index (χ1) is 11.6. The van der Waals surface area contributed by atoms with Crippen molar-refractivity contribution in [2.45, 2.75) is 32.1 Å². The van der Waals surface area contributed by atoms with Crippen molar-refractivity contribution in [2.75, 3.05) is 0 Å². The molecule has 3 aromatic carbocycles. The molecular weight excluding hydrogens is 296 g/mol. The molecule has 0 spiro atoms. The molecule has 0 radical (unpaired) electrons. The first-order valence-electron chi connectivity index (χ1n) is 8.35. The molecule has 1 N–H and O–H groups in total. The van der Waals surface area contributed by atoms with E-state index in [0.29, 0.717) is 12.3 Å². The second-order valence-corrected chi connectivity index (χ2v) is 6.55. The summed E-state index contributed by atoms with van der Waals surface area (Å²) in [4.78, 5) is 11.9. The molecule has 0 aliphatic rings. The smallest absolute Gasteiger partial charge is 0.311 e. The van der Waals surface area contributed by atoms with Gasteiger partial charge in [0, 0.05) is 0 Å². The fourth-order valence-corrected chi connectivity index (χ4v) is 3.15.